The van der Waals surface area contributed by atoms with E-state index in [-0.39, 0.29) is 35.3 Å². The van der Waals surface area contributed by atoms with Crippen LogP contribution in [0.4, 0.5) is 8.78 Å². The van der Waals surface area contributed by atoms with Gasteiger partial charge in [-0.2, -0.15) is 5.01 Å². The van der Waals surface area contributed by atoms with Crippen molar-refractivity contribution in [3.63, 3.8) is 0 Å². The van der Waals surface area contributed by atoms with Crippen LogP contribution >= 0.6 is 11.8 Å². The predicted molar refractivity (Wildman–Crippen MR) is 122 cm³/mol. The van der Waals surface area contributed by atoms with E-state index in [4.69, 9.17) is 4.74 Å². The average molecular weight is 482 g/mol. The molecule has 4 aliphatic heterocycles. The van der Waals surface area contributed by atoms with Crippen LogP contribution in [-0.4, -0.2) is 51.9 Å². The van der Waals surface area contributed by atoms with Crippen molar-refractivity contribution < 1.29 is 23.4 Å². The normalized spacial score (nSPS) is 24.4. The summed E-state index contributed by atoms with van der Waals surface area (Å²) in [5.41, 5.74) is 2.20. The number of fused-ring (bicyclic) bond motifs is 4. The van der Waals surface area contributed by atoms with Gasteiger partial charge in [0.1, 0.15) is 6.17 Å². The van der Waals surface area contributed by atoms with Gasteiger partial charge in [0.15, 0.2) is 23.1 Å². The highest BCUT2D eigenvalue weighted by atomic mass is 32.2. The van der Waals surface area contributed by atoms with Crippen molar-refractivity contribution in [2.45, 2.75) is 22.9 Å². The van der Waals surface area contributed by atoms with Crippen LogP contribution < -0.4 is 0 Å². The molecule has 2 aromatic rings. The van der Waals surface area contributed by atoms with E-state index in [1.165, 1.54) is 11.8 Å². The number of thioether (sulfide) groups is 1. The molecule has 6 rings (SSSR count). The molecule has 6 nitrogen and oxygen atoms in total. The Balaban J connectivity index is 1.62. The summed E-state index contributed by atoms with van der Waals surface area (Å²) in [6, 6.07) is 9.92. The number of benzene rings is 2. The van der Waals surface area contributed by atoms with Crippen LogP contribution in [0.3, 0.4) is 0 Å². The van der Waals surface area contributed by atoms with Gasteiger partial charge in [-0.25, -0.2) is 8.78 Å². The van der Waals surface area contributed by atoms with Gasteiger partial charge in [-0.15, -0.1) is 11.8 Å². The maximum absolute atomic E-state index is 15.1. The van der Waals surface area contributed by atoms with Gasteiger partial charge >= 0.3 is 0 Å². The Morgan fingerprint density at radius 3 is 2.82 bits per heavy atom. The van der Waals surface area contributed by atoms with Crippen molar-refractivity contribution in [2.75, 3.05) is 19.8 Å². The summed E-state index contributed by atoms with van der Waals surface area (Å²) in [5.74, 6) is -2.02. The van der Waals surface area contributed by atoms with E-state index in [0.29, 0.717) is 24.3 Å². The number of allylic oxidation sites excluding steroid dienone is 1. The first-order chi connectivity index (χ1) is 16.5. The molecule has 4 heterocycles. The summed E-state index contributed by atoms with van der Waals surface area (Å²) in [4.78, 5) is 16.0. The Bertz CT molecular complexity index is 1290. The molecule has 0 aromatic heterocycles. The molecule has 2 atom stereocenters. The molecule has 4 aliphatic rings. The zero-order valence-corrected chi connectivity index (χ0v) is 18.9. The average Bonchev–Trinajstić information content (AvgIpc) is 3.01. The van der Waals surface area contributed by atoms with Gasteiger partial charge in [0.25, 0.3) is 5.91 Å². The van der Waals surface area contributed by atoms with E-state index in [1.807, 2.05) is 29.3 Å². The molecule has 0 spiro atoms. The molecule has 0 unspecified atom stereocenters. The van der Waals surface area contributed by atoms with E-state index in [2.05, 4.69) is 6.58 Å². The summed E-state index contributed by atoms with van der Waals surface area (Å²) < 4.78 is 35.1. The molecule has 1 N–H and O–H groups in total. The summed E-state index contributed by atoms with van der Waals surface area (Å²) in [7, 11) is 0. The Morgan fingerprint density at radius 1 is 1.15 bits per heavy atom. The fourth-order valence-electron chi connectivity index (χ4n) is 5.04. The van der Waals surface area contributed by atoms with Gasteiger partial charge < -0.3 is 14.7 Å². The number of carbonyl (C=O) groups is 1. The number of hydrogen-bond acceptors (Lipinski definition) is 6. The highest BCUT2D eigenvalue weighted by Gasteiger charge is 2.50. The number of aliphatic hydroxyl groups excluding tert-OH is 1. The third kappa shape index (κ3) is 3.04. The minimum atomic E-state index is -0.895. The Kier molecular flexibility index (Phi) is 5.02. The van der Waals surface area contributed by atoms with Crippen molar-refractivity contribution in [1.82, 2.24) is 14.9 Å². The number of nitrogens with zero attached hydrogens (tertiary/aromatic N) is 3. The number of halogens is 2. The molecule has 34 heavy (non-hydrogen) atoms. The standard InChI is InChI=1S/C25H21F2N3O3S/c1-14-8-9-29-23(24(14)31)25(32)28-10-11-33-12-20(28)30(29)22-15-6-7-18(26)21(27)17(15)13-34-19-5-3-2-4-16(19)22/h2-9,20,22,31H,1,10-13H2/t20-,22+/m1/s1. The van der Waals surface area contributed by atoms with E-state index in [1.54, 1.807) is 28.3 Å². The minimum absolute atomic E-state index is 0.0872. The largest absolute Gasteiger partial charge is 0.505 e. The highest BCUT2D eigenvalue weighted by Crippen LogP contribution is 2.47. The van der Waals surface area contributed by atoms with Crippen LogP contribution in [0.15, 0.2) is 77.2 Å². The molecule has 2 saturated heterocycles. The molecule has 0 bridgehead atoms. The summed E-state index contributed by atoms with van der Waals surface area (Å²) in [6.07, 6.45) is 2.79. The number of ether oxygens (including phenoxy) is 1. The summed E-state index contributed by atoms with van der Waals surface area (Å²) in [5, 5.41) is 14.4. The number of carbonyl (C=O) groups excluding carboxylic acids is 1. The Hall–Kier alpha value is -3.14. The van der Waals surface area contributed by atoms with Crippen LogP contribution in [0.1, 0.15) is 22.7 Å². The van der Waals surface area contributed by atoms with Crippen molar-refractivity contribution in [3.05, 3.63) is 101 Å². The molecule has 2 aromatic carbocycles. The third-order valence-electron chi connectivity index (χ3n) is 6.67. The van der Waals surface area contributed by atoms with E-state index in [9.17, 15) is 14.3 Å². The lowest BCUT2D eigenvalue weighted by Crippen LogP contribution is -2.67. The van der Waals surface area contributed by atoms with Crippen LogP contribution in [0, 0.1) is 11.6 Å². The first-order valence-electron chi connectivity index (χ1n) is 10.9. The van der Waals surface area contributed by atoms with E-state index in [0.717, 1.165) is 16.5 Å². The minimum Gasteiger partial charge on any atom is -0.505 e. The van der Waals surface area contributed by atoms with Gasteiger partial charge in [-0.05, 0) is 29.3 Å². The molecule has 0 aliphatic carbocycles. The molecule has 0 radical (unpaired) electrons. The zero-order chi connectivity index (χ0) is 23.6. The lowest BCUT2D eigenvalue weighted by Gasteiger charge is -2.54. The second kappa shape index (κ2) is 7.97. The van der Waals surface area contributed by atoms with E-state index >= 15 is 4.39 Å². The lowest BCUT2D eigenvalue weighted by molar-refractivity contribution is -0.189. The first kappa shape index (κ1) is 21.4. The van der Waals surface area contributed by atoms with Crippen molar-refractivity contribution in [2.24, 2.45) is 0 Å². The quantitative estimate of drug-likeness (QED) is 0.658. The summed E-state index contributed by atoms with van der Waals surface area (Å²) in [6.45, 7) is 4.78. The number of morpholine rings is 1. The smallest absolute Gasteiger partial charge is 0.277 e. The van der Waals surface area contributed by atoms with Crippen molar-refractivity contribution in [3.8, 4) is 0 Å². The van der Waals surface area contributed by atoms with Crippen molar-refractivity contribution in [1.29, 1.82) is 0 Å². The molecule has 9 heteroatoms. The van der Waals surface area contributed by atoms with E-state index < -0.39 is 23.8 Å². The third-order valence-corrected chi connectivity index (χ3v) is 7.79. The molecular formula is C25H21F2N3O3S. The first-order valence-corrected chi connectivity index (χ1v) is 11.9. The monoisotopic (exact) mass is 481 g/mol. The molecule has 2 fully saturated rings. The van der Waals surface area contributed by atoms with Gasteiger partial charge in [0.2, 0.25) is 0 Å². The van der Waals surface area contributed by atoms with Gasteiger partial charge in [-0.1, -0.05) is 30.8 Å². The molecule has 1 amide bonds. The molecular weight excluding hydrogens is 460 g/mol. The van der Waals surface area contributed by atoms with Gasteiger partial charge in [0, 0.05) is 34.5 Å². The fraction of sp³-hybridized carbons (Fsp3) is 0.240. The van der Waals surface area contributed by atoms with Crippen LogP contribution in [-0.2, 0) is 15.3 Å². The highest BCUT2D eigenvalue weighted by molar-refractivity contribution is 7.98. The van der Waals surface area contributed by atoms with Crippen LogP contribution in [0.5, 0.6) is 0 Å². The predicted octanol–water partition coefficient (Wildman–Crippen LogP) is 4.23. The number of hydrogen-bond donors (Lipinski definition) is 1. The second-order valence-corrected chi connectivity index (χ2v) is 9.49. The van der Waals surface area contributed by atoms with Gasteiger partial charge in [0.05, 0.1) is 19.3 Å². The topological polar surface area (TPSA) is 56.3 Å². The number of amides is 1. The maximum Gasteiger partial charge on any atom is 0.277 e. The SMILES string of the molecule is C=C1C=CN2C(=C1O)C(=O)N1CCOC[C@H]1N2[C@@H]1c2ccccc2SCc2c1ccc(F)c2F. The number of aliphatic hydroxyl groups is 1. The number of rotatable bonds is 1. The van der Waals surface area contributed by atoms with Gasteiger partial charge in [-0.3, -0.25) is 9.80 Å². The fourth-order valence-corrected chi connectivity index (χ4v) is 6.15. The molecule has 174 valence electrons. The van der Waals surface area contributed by atoms with Crippen molar-refractivity contribution >= 4 is 17.7 Å². The Labute approximate surface area is 199 Å². The van der Waals surface area contributed by atoms with Crippen LogP contribution in [0.25, 0.3) is 0 Å². The molecule has 0 saturated carbocycles. The number of hydrazine groups is 1. The second-order valence-electron chi connectivity index (χ2n) is 8.48. The van der Waals surface area contributed by atoms with Crippen LogP contribution in [0.2, 0.25) is 0 Å². The maximum atomic E-state index is 15.1. The Morgan fingerprint density at radius 2 is 1.97 bits per heavy atom. The lowest BCUT2D eigenvalue weighted by atomic mass is 9.92. The summed E-state index contributed by atoms with van der Waals surface area (Å²) >= 11 is 1.45. The zero-order valence-electron chi connectivity index (χ0n) is 18.1.